The van der Waals surface area contributed by atoms with Crippen LogP contribution in [-0.2, 0) is 0 Å². The molecule has 0 saturated carbocycles. The lowest BCUT2D eigenvalue weighted by atomic mass is 10.3. The van der Waals surface area contributed by atoms with Gasteiger partial charge in [-0.25, -0.2) is 9.97 Å². The van der Waals surface area contributed by atoms with Gasteiger partial charge in [0.05, 0.1) is 0 Å². The normalized spacial score (nSPS) is 8.86. The van der Waals surface area contributed by atoms with Crippen molar-refractivity contribution in [3.05, 3.63) is 48.8 Å². The smallest absolute Gasteiger partial charge is 0.227 e. The zero-order valence-corrected chi connectivity index (χ0v) is 8.24. The van der Waals surface area contributed by atoms with Crippen LogP contribution in [0.5, 0.6) is 0 Å². The molecule has 2 aromatic rings. The number of halogens is 1. The molecule has 0 atom stereocenters. The van der Waals surface area contributed by atoms with Crippen LogP contribution in [0.1, 0.15) is 0 Å². The first-order chi connectivity index (χ1) is 6.45. The molecular weight excluding hydrogens is 198 g/mol. The molecule has 0 bridgehead atoms. The minimum Gasteiger partial charge on any atom is -0.324 e. The lowest BCUT2D eigenvalue weighted by Gasteiger charge is -2.02. The fraction of sp³-hybridized carbons (Fsp3) is 0. The summed E-state index contributed by atoms with van der Waals surface area (Å²) in [6, 6.07) is 11.6. The van der Waals surface area contributed by atoms with Crippen LogP contribution in [0, 0.1) is 0 Å². The number of benzene rings is 1. The maximum atomic E-state index is 4.05. The molecule has 0 unspecified atom stereocenters. The summed E-state index contributed by atoms with van der Waals surface area (Å²) in [5, 5.41) is 3.08. The molecule has 0 saturated heterocycles. The van der Waals surface area contributed by atoms with E-state index in [0.717, 1.165) is 5.69 Å². The van der Waals surface area contributed by atoms with Crippen LogP contribution in [0.3, 0.4) is 0 Å². The summed E-state index contributed by atoms with van der Waals surface area (Å²) in [6.45, 7) is 0. The summed E-state index contributed by atoms with van der Waals surface area (Å²) >= 11 is 0. The topological polar surface area (TPSA) is 37.8 Å². The zero-order chi connectivity index (χ0) is 8.93. The van der Waals surface area contributed by atoms with Crippen LogP contribution in [0.4, 0.5) is 11.6 Å². The van der Waals surface area contributed by atoms with Crippen molar-refractivity contribution in [2.24, 2.45) is 0 Å². The minimum absolute atomic E-state index is 0. The molecule has 14 heavy (non-hydrogen) atoms. The van der Waals surface area contributed by atoms with E-state index in [4.69, 9.17) is 0 Å². The molecule has 72 valence electrons. The molecular formula is C10H10ClN3. The highest BCUT2D eigenvalue weighted by molar-refractivity contribution is 5.85. The number of nitrogens with zero attached hydrogens (tertiary/aromatic N) is 2. The highest BCUT2D eigenvalue weighted by Crippen LogP contribution is 2.09. The number of hydrogen-bond donors (Lipinski definition) is 1. The average Bonchev–Trinajstić information content (AvgIpc) is 2.21. The molecule has 0 radical (unpaired) electrons. The molecule has 0 spiro atoms. The third kappa shape index (κ3) is 2.71. The SMILES string of the molecule is Cl.c1ccc(Nc2ncccn2)cc1. The van der Waals surface area contributed by atoms with Gasteiger partial charge in [-0.05, 0) is 18.2 Å². The number of nitrogens with one attached hydrogen (secondary N) is 1. The first kappa shape index (κ1) is 10.5. The molecule has 0 fully saturated rings. The Morgan fingerprint density at radius 3 is 2.14 bits per heavy atom. The Labute approximate surface area is 88.6 Å². The molecule has 3 nitrogen and oxygen atoms in total. The van der Waals surface area contributed by atoms with Crippen LogP contribution >= 0.6 is 12.4 Å². The van der Waals surface area contributed by atoms with Crippen LogP contribution < -0.4 is 5.32 Å². The van der Waals surface area contributed by atoms with Crippen LogP contribution in [0.2, 0.25) is 0 Å². The number of aromatic nitrogens is 2. The summed E-state index contributed by atoms with van der Waals surface area (Å²) < 4.78 is 0. The second-order valence-corrected chi connectivity index (χ2v) is 2.56. The number of para-hydroxylation sites is 1. The van der Waals surface area contributed by atoms with Crippen molar-refractivity contribution in [3.8, 4) is 0 Å². The van der Waals surface area contributed by atoms with Crippen LogP contribution in [-0.4, -0.2) is 9.97 Å². The summed E-state index contributed by atoms with van der Waals surface area (Å²) in [6.07, 6.45) is 3.41. The number of hydrogen-bond acceptors (Lipinski definition) is 3. The maximum Gasteiger partial charge on any atom is 0.227 e. The van der Waals surface area contributed by atoms with Gasteiger partial charge in [-0.2, -0.15) is 0 Å². The van der Waals surface area contributed by atoms with Gasteiger partial charge in [0.25, 0.3) is 0 Å². The fourth-order valence-electron chi connectivity index (χ4n) is 1.01. The van der Waals surface area contributed by atoms with E-state index in [9.17, 15) is 0 Å². The molecule has 1 aromatic heterocycles. The second-order valence-electron chi connectivity index (χ2n) is 2.56. The van der Waals surface area contributed by atoms with E-state index in [2.05, 4.69) is 15.3 Å². The van der Waals surface area contributed by atoms with E-state index in [0.29, 0.717) is 5.95 Å². The van der Waals surface area contributed by atoms with E-state index >= 15 is 0 Å². The highest BCUT2D eigenvalue weighted by atomic mass is 35.5. The molecule has 0 aliphatic rings. The Balaban J connectivity index is 0.000000980. The average molecular weight is 208 g/mol. The van der Waals surface area contributed by atoms with Crippen molar-refractivity contribution >= 4 is 24.0 Å². The van der Waals surface area contributed by atoms with Crippen molar-refractivity contribution in [3.63, 3.8) is 0 Å². The largest absolute Gasteiger partial charge is 0.324 e. The summed E-state index contributed by atoms with van der Waals surface area (Å²) in [5.74, 6) is 0.619. The monoisotopic (exact) mass is 207 g/mol. The third-order valence-electron chi connectivity index (χ3n) is 1.60. The van der Waals surface area contributed by atoms with Gasteiger partial charge in [-0.1, -0.05) is 18.2 Å². The molecule has 0 amide bonds. The molecule has 4 heteroatoms. The Hall–Kier alpha value is -1.61. The van der Waals surface area contributed by atoms with E-state index < -0.39 is 0 Å². The first-order valence-electron chi connectivity index (χ1n) is 4.04. The van der Waals surface area contributed by atoms with E-state index in [1.54, 1.807) is 18.5 Å². The lowest BCUT2D eigenvalue weighted by molar-refractivity contribution is 1.17. The Kier molecular flexibility index (Phi) is 3.88. The summed E-state index contributed by atoms with van der Waals surface area (Å²) in [5.41, 5.74) is 0.994. The standard InChI is InChI=1S/C10H9N3.ClH/c1-2-5-9(6-3-1)13-10-11-7-4-8-12-10;/h1-8H,(H,11,12,13);1H. The first-order valence-corrected chi connectivity index (χ1v) is 4.04. The second kappa shape index (κ2) is 5.19. The van der Waals surface area contributed by atoms with Crippen molar-refractivity contribution in [2.75, 3.05) is 5.32 Å². The van der Waals surface area contributed by atoms with Crippen LogP contribution in [0.15, 0.2) is 48.8 Å². The van der Waals surface area contributed by atoms with Gasteiger partial charge in [-0.15, -0.1) is 12.4 Å². The third-order valence-corrected chi connectivity index (χ3v) is 1.60. The Morgan fingerprint density at radius 1 is 0.857 bits per heavy atom. The Morgan fingerprint density at radius 2 is 1.50 bits per heavy atom. The highest BCUT2D eigenvalue weighted by Gasteiger charge is 1.92. The lowest BCUT2D eigenvalue weighted by Crippen LogP contribution is -1.94. The molecule has 2 rings (SSSR count). The van der Waals surface area contributed by atoms with Crippen molar-refractivity contribution in [1.29, 1.82) is 0 Å². The van der Waals surface area contributed by atoms with Crippen LogP contribution in [0.25, 0.3) is 0 Å². The van der Waals surface area contributed by atoms with Crippen molar-refractivity contribution in [1.82, 2.24) is 9.97 Å². The van der Waals surface area contributed by atoms with Gasteiger partial charge >= 0.3 is 0 Å². The quantitative estimate of drug-likeness (QED) is 0.823. The fourth-order valence-corrected chi connectivity index (χ4v) is 1.01. The number of anilines is 2. The molecule has 1 heterocycles. The van der Waals surface area contributed by atoms with E-state index in [-0.39, 0.29) is 12.4 Å². The number of rotatable bonds is 2. The molecule has 1 N–H and O–H groups in total. The predicted octanol–water partition coefficient (Wildman–Crippen LogP) is 2.64. The van der Waals surface area contributed by atoms with Crippen molar-refractivity contribution in [2.45, 2.75) is 0 Å². The predicted molar refractivity (Wildman–Crippen MR) is 59.0 cm³/mol. The van der Waals surface area contributed by atoms with Gasteiger partial charge in [0.1, 0.15) is 0 Å². The molecule has 0 aliphatic heterocycles. The summed E-state index contributed by atoms with van der Waals surface area (Å²) in [7, 11) is 0. The maximum absolute atomic E-state index is 4.05. The Bertz CT molecular complexity index is 326. The zero-order valence-electron chi connectivity index (χ0n) is 7.42. The minimum atomic E-state index is 0. The summed E-state index contributed by atoms with van der Waals surface area (Å²) in [4.78, 5) is 8.10. The van der Waals surface area contributed by atoms with Gasteiger partial charge < -0.3 is 5.32 Å². The molecule has 0 aliphatic carbocycles. The van der Waals surface area contributed by atoms with Gasteiger partial charge in [-0.3, -0.25) is 0 Å². The van der Waals surface area contributed by atoms with Crippen molar-refractivity contribution < 1.29 is 0 Å². The molecule has 1 aromatic carbocycles. The van der Waals surface area contributed by atoms with E-state index in [1.165, 1.54) is 0 Å². The van der Waals surface area contributed by atoms with Gasteiger partial charge in [0.15, 0.2) is 0 Å². The van der Waals surface area contributed by atoms with Gasteiger partial charge in [0, 0.05) is 18.1 Å². The van der Waals surface area contributed by atoms with Gasteiger partial charge in [0.2, 0.25) is 5.95 Å². The van der Waals surface area contributed by atoms with E-state index in [1.807, 2.05) is 30.3 Å².